The maximum absolute atomic E-state index is 13.4. The van der Waals surface area contributed by atoms with Crippen molar-refractivity contribution < 1.29 is 23.4 Å². The van der Waals surface area contributed by atoms with Gasteiger partial charge in [0, 0.05) is 41.1 Å². The quantitative estimate of drug-likeness (QED) is 0.548. The fourth-order valence-electron chi connectivity index (χ4n) is 3.54. The molecule has 1 fully saturated rings. The van der Waals surface area contributed by atoms with E-state index in [-0.39, 0.29) is 11.7 Å². The molecule has 0 spiro atoms. The lowest BCUT2D eigenvalue weighted by Gasteiger charge is -2.17. The van der Waals surface area contributed by atoms with Gasteiger partial charge < -0.3 is 19.2 Å². The summed E-state index contributed by atoms with van der Waals surface area (Å²) >= 11 is 3.54. The molecule has 0 saturated carbocycles. The van der Waals surface area contributed by atoms with Crippen molar-refractivity contribution in [1.82, 2.24) is 0 Å². The maximum Gasteiger partial charge on any atom is 0.227 e. The topological polar surface area (TPSA) is 62.9 Å². The first-order chi connectivity index (χ1) is 13.5. The number of hydrogen-bond acceptors (Lipinski definition) is 4. The van der Waals surface area contributed by atoms with E-state index in [0.717, 1.165) is 16.6 Å². The summed E-state index contributed by atoms with van der Waals surface area (Å²) in [4.78, 5) is 13.9. The van der Waals surface area contributed by atoms with E-state index >= 15 is 0 Å². The molecule has 0 aliphatic carbocycles. The summed E-state index contributed by atoms with van der Waals surface area (Å²) < 4.78 is 25.6. The zero-order valence-corrected chi connectivity index (χ0v) is 16.8. The summed E-state index contributed by atoms with van der Waals surface area (Å²) in [5.74, 6) is 0.122. The largest absolute Gasteiger partial charge is 0.455 e. The van der Waals surface area contributed by atoms with Crippen LogP contribution in [0.3, 0.4) is 0 Å². The number of benzene rings is 2. The van der Waals surface area contributed by atoms with Crippen molar-refractivity contribution in [2.24, 2.45) is 0 Å². The molecular formula is C21H19BrFNO4. The number of rotatable bonds is 5. The number of hydrogen-bond donors (Lipinski definition) is 1. The fraction of sp³-hybridized carbons (Fsp3) is 0.286. The summed E-state index contributed by atoms with van der Waals surface area (Å²) in [6.07, 6.45) is 0.145. The van der Waals surface area contributed by atoms with Crippen LogP contribution < -0.4 is 4.90 Å². The van der Waals surface area contributed by atoms with Crippen LogP contribution in [-0.4, -0.2) is 24.2 Å². The van der Waals surface area contributed by atoms with Gasteiger partial charge in [-0.3, -0.25) is 4.79 Å². The van der Waals surface area contributed by atoms with Gasteiger partial charge in [0.2, 0.25) is 5.91 Å². The predicted octanol–water partition coefficient (Wildman–Crippen LogP) is 5.16. The van der Waals surface area contributed by atoms with Gasteiger partial charge >= 0.3 is 0 Å². The van der Waals surface area contributed by atoms with Gasteiger partial charge in [0.25, 0.3) is 0 Å². The molecule has 4 rings (SSSR count). The van der Waals surface area contributed by atoms with Crippen LogP contribution in [0.1, 0.15) is 31.6 Å². The smallest absolute Gasteiger partial charge is 0.227 e. The molecule has 1 aliphatic rings. The molecule has 1 unspecified atom stereocenters. The van der Waals surface area contributed by atoms with Gasteiger partial charge in [0.1, 0.15) is 17.2 Å². The summed E-state index contributed by atoms with van der Waals surface area (Å²) in [5, 5.41) is 11.3. The fourth-order valence-corrected chi connectivity index (χ4v) is 4.09. The van der Waals surface area contributed by atoms with Crippen LogP contribution in [0.2, 0.25) is 0 Å². The summed E-state index contributed by atoms with van der Waals surface area (Å²) in [5.41, 5.74) is 2.35. The van der Waals surface area contributed by atoms with Gasteiger partial charge in [-0.1, -0.05) is 0 Å². The normalized spacial score (nSPS) is 15.6. The Hall–Kier alpha value is -2.22. The molecule has 5 nitrogen and oxygen atoms in total. The molecule has 2 aromatic carbocycles. The standard InChI is InChI=1S/C21H19BrFNO4/c1-2-27-21(26)19-14-10-15(22)16(24-9-3-4-18(24)25)11-17(14)28-20(19)12-5-7-13(23)8-6-12/h5-8,10-11,21,26H,2-4,9H2,1H3. The Kier molecular flexibility index (Phi) is 5.23. The Morgan fingerprint density at radius 2 is 2.07 bits per heavy atom. The summed E-state index contributed by atoms with van der Waals surface area (Å²) in [7, 11) is 0. The molecule has 1 N–H and O–H groups in total. The molecule has 28 heavy (non-hydrogen) atoms. The molecule has 1 saturated heterocycles. The maximum atomic E-state index is 13.4. The monoisotopic (exact) mass is 447 g/mol. The van der Waals surface area contributed by atoms with Crippen molar-refractivity contribution in [2.45, 2.75) is 26.1 Å². The molecule has 2 heterocycles. The van der Waals surface area contributed by atoms with E-state index in [1.54, 1.807) is 30.0 Å². The zero-order valence-electron chi connectivity index (χ0n) is 15.2. The Morgan fingerprint density at radius 1 is 1.32 bits per heavy atom. The number of ether oxygens (including phenoxy) is 1. The number of aliphatic hydroxyl groups excluding tert-OH is 1. The predicted molar refractivity (Wildman–Crippen MR) is 107 cm³/mol. The number of carbonyl (C=O) groups excluding carboxylic acids is 1. The highest BCUT2D eigenvalue weighted by atomic mass is 79.9. The van der Waals surface area contributed by atoms with Gasteiger partial charge in [-0.05, 0) is 59.6 Å². The van der Waals surface area contributed by atoms with Crippen LogP contribution in [0.4, 0.5) is 10.1 Å². The molecule has 1 aliphatic heterocycles. The Balaban J connectivity index is 1.91. The third kappa shape index (κ3) is 3.34. The second-order valence-corrected chi connectivity index (χ2v) is 7.46. The van der Waals surface area contributed by atoms with Crippen LogP contribution in [0.5, 0.6) is 0 Å². The van der Waals surface area contributed by atoms with Crippen molar-refractivity contribution in [3.8, 4) is 11.3 Å². The highest BCUT2D eigenvalue weighted by Gasteiger charge is 2.27. The minimum absolute atomic E-state index is 0.0694. The van der Waals surface area contributed by atoms with Gasteiger partial charge in [0.15, 0.2) is 6.29 Å². The molecule has 1 atom stereocenters. The summed E-state index contributed by atoms with van der Waals surface area (Å²) in [6.45, 7) is 2.76. The van der Waals surface area contributed by atoms with E-state index < -0.39 is 6.29 Å². The van der Waals surface area contributed by atoms with Crippen LogP contribution in [-0.2, 0) is 9.53 Å². The third-order valence-electron chi connectivity index (χ3n) is 4.84. The minimum atomic E-state index is -1.20. The van der Waals surface area contributed by atoms with Crippen molar-refractivity contribution in [1.29, 1.82) is 0 Å². The Labute approximate surface area is 169 Å². The SMILES string of the molecule is CCOC(O)c1c(-c2ccc(F)cc2)oc2cc(N3CCCC3=O)c(Br)cc12. The van der Waals surface area contributed by atoms with E-state index in [2.05, 4.69) is 15.9 Å². The Bertz CT molecular complexity index is 1030. The number of fused-ring (bicyclic) bond motifs is 1. The number of anilines is 1. The van der Waals surface area contributed by atoms with Crippen LogP contribution in [0.25, 0.3) is 22.3 Å². The van der Waals surface area contributed by atoms with E-state index in [1.807, 2.05) is 6.07 Å². The van der Waals surface area contributed by atoms with Gasteiger partial charge in [0.05, 0.1) is 11.3 Å². The van der Waals surface area contributed by atoms with Crippen LogP contribution in [0, 0.1) is 5.82 Å². The van der Waals surface area contributed by atoms with E-state index in [9.17, 15) is 14.3 Å². The molecule has 1 aromatic heterocycles. The number of amides is 1. The molecule has 1 amide bonds. The number of aliphatic hydroxyl groups is 1. The first kappa shape index (κ1) is 19.1. The summed E-state index contributed by atoms with van der Waals surface area (Å²) in [6, 6.07) is 9.47. The first-order valence-corrected chi connectivity index (χ1v) is 9.90. The first-order valence-electron chi connectivity index (χ1n) is 9.11. The minimum Gasteiger partial charge on any atom is -0.455 e. The average molecular weight is 448 g/mol. The van der Waals surface area contributed by atoms with Crippen molar-refractivity contribution >= 4 is 38.5 Å². The molecule has 7 heteroatoms. The van der Waals surface area contributed by atoms with Crippen molar-refractivity contribution in [2.75, 3.05) is 18.1 Å². The molecule has 146 valence electrons. The van der Waals surface area contributed by atoms with Gasteiger partial charge in [-0.2, -0.15) is 0 Å². The number of furan rings is 1. The van der Waals surface area contributed by atoms with Crippen LogP contribution >= 0.6 is 15.9 Å². The van der Waals surface area contributed by atoms with Gasteiger partial charge in [-0.25, -0.2) is 4.39 Å². The van der Waals surface area contributed by atoms with E-state index in [0.29, 0.717) is 47.4 Å². The molecule has 0 bridgehead atoms. The van der Waals surface area contributed by atoms with E-state index in [4.69, 9.17) is 9.15 Å². The number of nitrogens with zero attached hydrogens (tertiary/aromatic N) is 1. The second-order valence-electron chi connectivity index (χ2n) is 6.61. The molecule has 3 aromatic rings. The Morgan fingerprint density at radius 3 is 2.71 bits per heavy atom. The zero-order chi connectivity index (χ0) is 19.8. The lowest BCUT2D eigenvalue weighted by atomic mass is 10.0. The van der Waals surface area contributed by atoms with E-state index in [1.165, 1.54) is 12.1 Å². The number of carbonyl (C=O) groups is 1. The van der Waals surface area contributed by atoms with Gasteiger partial charge in [-0.15, -0.1) is 0 Å². The lowest BCUT2D eigenvalue weighted by Crippen LogP contribution is -2.23. The second kappa shape index (κ2) is 7.66. The lowest BCUT2D eigenvalue weighted by molar-refractivity contribution is -0.117. The highest BCUT2D eigenvalue weighted by Crippen LogP contribution is 2.42. The molecule has 0 radical (unpaired) electrons. The number of halogens is 2. The highest BCUT2D eigenvalue weighted by molar-refractivity contribution is 9.10. The van der Waals surface area contributed by atoms with Crippen LogP contribution in [0.15, 0.2) is 45.3 Å². The average Bonchev–Trinajstić information content (AvgIpc) is 3.25. The van der Waals surface area contributed by atoms with Crippen molar-refractivity contribution in [3.05, 3.63) is 52.3 Å². The van der Waals surface area contributed by atoms with Crippen molar-refractivity contribution in [3.63, 3.8) is 0 Å². The molecular weight excluding hydrogens is 429 g/mol. The third-order valence-corrected chi connectivity index (χ3v) is 5.47.